The average Bonchev–Trinajstić information content (AvgIpc) is 3.31. The molecule has 0 saturated heterocycles. The molecule has 0 unspecified atom stereocenters. The van der Waals surface area contributed by atoms with Gasteiger partial charge in [0.05, 0.1) is 21.7 Å². The SMILES string of the molecule is C.CNS(=O)(=O)c1ccc(NC(=O)c2cc(-c3ccc4c(c3)OCO4)nc3ccccc23)cc1. The number of ether oxygens (including phenoxy) is 2. The third kappa shape index (κ3) is 4.30. The number of amides is 1. The van der Waals surface area contributed by atoms with E-state index in [9.17, 15) is 13.2 Å². The van der Waals surface area contributed by atoms with E-state index in [-0.39, 0.29) is 25.0 Å². The largest absolute Gasteiger partial charge is 0.454 e. The Morgan fingerprint density at radius 3 is 2.44 bits per heavy atom. The Kier molecular flexibility index (Phi) is 6.23. The van der Waals surface area contributed by atoms with Crippen molar-refractivity contribution < 1.29 is 22.7 Å². The maximum atomic E-state index is 13.2. The van der Waals surface area contributed by atoms with Crippen LogP contribution >= 0.6 is 0 Å². The molecule has 1 aromatic heterocycles. The highest BCUT2D eigenvalue weighted by Crippen LogP contribution is 2.36. The highest BCUT2D eigenvalue weighted by atomic mass is 32.2. The molecule has 34 heavy (non-hydrogen) atoms. The summed E-state index contributed by atoms with van der Waals surface area (Å²) in [6.07, 6.45) is 0. The second-order valence-electron chi connectivity index (χ2n) is 7.33. The van der Waals surface area contributed by atoms with Crippen molar-refractivity contribution in [3.63, 3.8) is 0 Å². The Morgan fingerprint density at radius 1 is 0.941 bits per heavy atom. The second-order valence-corrected chi connectivity index (χ2v) is 9.21. The molecule has 0 radical (unpaired) electrons. The van der Waals surface area contributed by atoms with Crippen molar-refractivity contribution in [1.29, 1.82) is 0 Å². The molecule has 0 bridgehead atoms. The van der Waals surface area contributed by atoms with Gasteiger partial charge in [0.15, 0.2) is 11.5 Å². The minimum Gasteiger partial charge on any atom is -0.454 e. The first kappa shape index (κ1) is 23.2. The first-order valence-corrected chi connectivity index (χ1v) is 11.6. The van der Waals surface area contributed by atoms with E-state index < -0.39 is 10.0 Å². The number of para-hydroxylation sites is 1. The molecule has 2 N–H and O–H groups in total. The van der Waals surface area contributed by atoms with Crippen molar-refractivity contribution in [2.75, 3.05) is 19.2 Å². The van der Waals surface area contributed by atoms with E-state index in [2.05, 4.69) is 10.0 Å². The lowest BCUT2D eigenvalue weighted by molar-refractivity contribution is 0.102. The number of aromatic nitrogens is 1. The quantitative estimate of drug-likeness (QED) is 0.441. The Labute approximate surface area is 197 Å². The molecule has 3 aromatic carbocycles. The average molecular weight is 478 g/mol. The van der Waals surface area contributed by atoms with Gasteiger partial charge in [-0.3, -0.25) is 4.79 Å². The summed E-state index contributed by atoms with van der Waals surface area (Å²) >= 11 is 0. The van der Waals surface area contributed by atoms with Crippen LogP contribution in [0.5, 0.6) is 11.5 Å². The summed E-state index contributed by atoms with van der Waals surface area (Å²) < 4.78 is 37.0. The van der Waals surface area contributed by atoms with Crippen LogP contribution in [-0.4, -0.2) is 33.1 Å². The van der Waals surface area contributed by atoms with Gasteiger partial charge in [0.1, 0.15) is 0 Å². The van der Waals surface area contributed by atoms with Crippen molar-refractivity contribution in [2.45, 2.75) is 12.3 Å². The van der Waals surface area contributed by atoms with Gasteiger partial charge in [-0.1, -0.05) is 25.6 Å². The fourth-order valence-electron chi connectivity index (χ4n) is 3.60. The predicted octanol–water partition coefficient (Wildman–Crippen LogP) is 4.43. The first-order valence-electron chi connectivity index (χ1n) is 10.1. The fourth-order valence-corrected chi connectivity index (χ4v) is 4.33. The number of nitrogens with zero attached hydrogens (tertiary/aromatic N) is 1. The molecule has 0 aliphatic carbocycles. The number of fused-ring (bicyclic) bond motifs is 2. The predicted molar refractivity (Wildman–Crippen MR) is 131 cm³/mol. The van der Waals surface area contributed by atoms with Crippen LogP contribution in [0.25, 0.3) is 22.2 Å². The zero-order chi connectivity index (χ0) is 23.0. The summed E-state index contributed by atoms with van der Waals surface area (Å²) in [7, 11) is -2.21. The van der Waals surface area contributed by atoms with E-state index in [0.717, 1.165) is 5.56 Å². The molecule has 2 heterocycles. The zero-order valence-electron chi connectivity index (χ0n) is 17.5. The number of benzene rings is 3. The Balaban J connectivity index is 0.00000274. The molecule has 9 heteroatoms. The molecule has 4 aromatic rings. The molecule has 1 aliphatic heterocycles. The smallest absolute Gasteiger partial charge is 0.256 e. The van der Waals surface area contributed by atoms with Crippen LogP contribution in [0.2, 0.25) is 0 Å². The summed E-state index contributed by atoms with van der Waals surface area (Å²) in [5.74, 6) is 0.964. The molecule has 0 saturated carbocycles. The van der Waals surface area contributed by atoms with E-state index in [4.69, 9.17) is 14.5 Å². The molecule has 0 atom stereocenters. The molecule has 174 valence electrons. The van der Waals surface area contributed by atoms with Crippen LogP contribution in [-0.2, 0) is 10.0 Å². The van der Waals surface area contributed by atoms with Crippen molar-refractivity contribution in [3.05, 3.63) is 78.4 Å². The minimum absolute atomic E-state index is 0. The number of carbonyl (C=O) groups excluding carboxylic acids is 1. The van der Waals surface area contributed by atoms with Gasteiger partial charge in [-0.2, -0.15) is 0 Å². The van der Waals surface area contributed by atoms with Gasteiger partial charge >= 0.3 is 0 Å². The number of anilines is 1. The monoisotopic (exact) mass is 477 g/mol. The molecule has 8 nitrogen and oxygen atoms in total. The summed E-state index contributed by atoms with van der Waals surface area (Å²) in [6, 6.07) is 20.6. The van der Waals surface area contributed by atoms with E-state index in [1.165, 1.54) is 19.2 Å². The van der Waals surface area contributed by atoms with Gasteiger partial charge in [0, 0.05) is 16.6 Å². The molecular weight excluding hydrogens is 454 g/mol. The molecule has 5 rings (SSSR count). The van der Waals surface area contributed by atoms with Crippen molar-refractivity contribution in [3.8, 4) is 22.8 Å². The summed E-state index contributed by atoms with van der Waals surface area (Å²) in [4.78, 5) is 18.1. The highest BCUT2D eigenvalue weighted by Gasteiger charge is 2.18. The maximum absolute atomic E-state index is 13.2. The number of sulfonamides is 1. The molecular formula is C25H23N3O5S. The lowest BCUT2D eigenvalue weighted by atomic mass is 10.0. The lowest BCUT2D eigenvalue weighted by Crippen LogP contribution is -2.18. The summed E-state index contributed by atoms with van der Waals surface area (Å²) in [5, 5.41) is 3.54. The molecule has 1 aliphatic rings. The van der Waals surface area contributed by atoms with Gasteiger partial charge in [0.25, 0.3) is 5.91 Å². The van der Waals surface area contributed by atoms with Crippen LogP contribution in [0, 0.1) is 0 Å². The maximum Gasteiger partial charge on any atom is 0.256 e. The fraction of sp³-hybridized carbons (Fsp3) is 0.120. The number of carbonyl (C=O) groups is 1. The number of nitrogens with one attached hydrogen (secondary N) is 2. The van der Waals surface area contributed by atoms with Crippen molar-refractivity contribution >= 4 is 32.5 Å². The van der Waals surface area contributed by atoms with Crippen LogP contribution in [0.1, 0.15) is 17.8 Å². The van der Waals surface area contributed by atoms with E-state index in [0.29, 0.717) is 39.3 Å². The van der Waals surface area contributed by atoms with Gasteiger partial charge in [-0.15, -0.1) is 0 Å². The summed E-state index contributed by atoms with van der Waals surface area (Å²) in [6.45, 7) is 0.173. The third-order valence-corrected chi connectivity index (χ3v) is 6.75. The van der Waals surface area contributed by atoms with Crippen molar-refractivity contribution in [2.24, 2.45) is 0 Å². The minimum atomic E-state index is -3.56. The van der Waals surface area contributed by atoms with E-state index >= 15 is 0 Å². The number of hydrogen-bond acceptors (Lipinski definition) is 6. The molecule has 0 fully saturated rings. The van der Waals surface area contributed by atoms with Crippen LogP contribution in [0.4, 0.5) is 5.69 Å². The van der Waals surface area contributed by atoms with Crippen LogP contribution in [0.3, 0.4) is 0 Å². The Hall–Kier alpha value is -3.95. The normalized spacial score (nSPS) is 12.3. The van der Waals surface area contributed by atoms with Crippen LogP contribution in [0.15, 0.2) is 77.7 Å². The Morgan fingerprint density at radius 2 is 1.68 bits per heavy atom. The van der Waals surface area contributed by atoms with Gasteiger partial charge in [0.2, 0.25) is 16.8 Å². The van der Waals surface area contributed by atoms with E-state index in [1.54, 1.807) is 18.2 Å². The van der Waals surface area contributed by atoms with Gasteiger partial charge in [-0.05, 0) is 61.6 Å². The van der Waals surface area contributed by atoms with Gasteiger partial charge < -0.3 is 14.8 Å². The number of pyridine rings is 1. The molecule has 1 amide bonds. The summed E-state index contributed by atoms with van der Waals surface area (Å²) in [5.41, 5.74) is 3.00. The lowest BCUT2D eigenvalue weighted by Gasteiger charge is -2.11. The third-order valence-electron chi connectivity index (χ3n) is 5.32. The highest BCUT2D eigenvalue weighted by molar-refractivity contribution is 7.89. The van der Waals surface area contributed by atoms with Crippen molar-refractivity contribution in [1.82, 2.24) is 9.71 Å². The second kappa shape index (κ2) is 9.12. The molecule has 0 spiro atoms. The standard InChI is InChI=1S/C24H19N3O5S.CH4/c1-25-33(29,30)17-9-7-16(8-10-17)26-24(28)19-13-21(27-20-5-3-2-4-18(19)20)15-6-11-22-23(12-15)32-14-31-22;/h2-13,25H,14H2,1H3,(H,26,28);1H4. The van der Waals surface area contributed by atoms with Crippen LogP contribution < -0.4 is 19.5 Å². The number of rotatable bonds is 5. The first-order chi connectivity index (χ1) is 15.9. The number of hydrogen-bond donors (Lipinski definition) is 2. The zero-order valence-corrected chi connectivity index (χ0v) is 18.3. The van der Waals surface area contributed by atoms with E-state index in [1.807, 2.05) is 42.5 Å². The topological polar surface area (TPSA) is 107 Å². The van der Waals surface area contributed by atoms with Gasteiger partial charge in [-0.25, -0.2) is 18.1 Å². The Bertz CT molecular complexity index is 1480.